The van der Waals surface area contributed by atoms with Crippen LogP contribution in [0.3, 0.4) is 0 Å². The van der Waals surface area contributed by atoms with Crippen LogP contribution in [0.1, 0.15) is 21.5 Å². The molecule has 1 aliphatic rings. The van der Waals surface area contributed by atoms with Crippen molar-refractivity contribution >= 4 is 29.3 Å². The van der Waals surface area contributed by atoms with E-state index in [0.29, 0.717) is 47.4 Å². The molecule has 3 rings (SSSR count). The van der Waals surface area contributed by atoms with Crippen molar-refractivity contribution in [2.24, 2.45) is 0 Å². The predicted molar refractivity (Wildman–Crippen MR) is 102 cm³/mol. The third kappa shape index (κ3) is 4.43. The monoisotopic (exact) mass is 388 g/mol. The van der Waals surface area contributed by atoms with Crippen molar-refractivity contribution in [2.75, 3.05) is 25.5 Å². The van der Waals surface area contributed by atoms with Crippen molar-refractivity contribution in [3.63, 3.8) is 0 Å². The summed E-state index contributed by atoms with van der Waals surface area (Å²) in [6, 6.07) is 12.9. The van der Waals surface area contributed by atoms with E-state index < -0.39 is 0 Å². The number of carbonyl (C=O) groups is 1. The van der Waals surface area contributed by atoms with E-state index in [1.54, 1.807) is 23.9 Å². The summed E-state index contributed by atoms with van der Waals surface area (Å²) in [5.41, 5.74) is 2.14. The third-order valence-electron chi connectivity index (χ3n) is 3.79. The first kappa shape index (κ1) is 18.4. The number of nitriles is 1. The molecule has 1 amide bonds. The molecule has 134 valence electrons. The van der Waals surface area contributed by atoms with Gasteiger partial charge in [0.2, 0.25) is 0 Å². The van der Waals surface area contributed by atoms with Gasteiger partial charge in [-0.05, 0) is 23.8 Å². The highest BCUT2D eigenvalue weighted by atomic mass is 35.5. The number of halogens is 1. The normalized spacial score (nSPS) is 12.3. The van der Waals surface area contributed by atoms with Crippen molar-refractivity contribution in [1.82, 2.24) is 5.32 Å². The van der Waals surface area contributed by atoms with E-state index in [2.05, 4.69) is 11.4 Å². The zero-order chi connectivity index (χ0) is 18.4. The molecule has 0 fully saturated rings. The zero-order valence-electron chi connectivity index (χ0n) is 14.0. The fraction of sp³-hybridized carbons (Fsp3) is 0.263. The molecule has 7 heteroatoms. The molecule has 0 aliphatic carbocycles. The number of rotatable bonds is 6. The molecule has 5 nitrogen and oxygen atoms in total. The Morgan fingerprint density at radius 3 is 2.92 bits per heavy atom. The Labute approximate surface area is 161 Å². The van der Waals surface area contributed by atoms with E-state index in [1.165, 1.54) is 0 Å². The molecule has 0 saturated carbocycles. The van der Waals surface area contributed by atoms with Crippen molar-refractivity contribution in [1.29, 1.82) is 5.26 Å². The first-order valence-electron chi connectivity index (χ1n) is 8.12. The van der Waals surface area contributed by atoms with Gasteiger partial charge >= 0.3 is 0 Å². The number of benzene rings is 2. The maximum absolute atomic E-state index is 12.3. The summed E-state index contributed by atoms with van der Waals surface area (Å²) < 4.78 is 10.9. The van der Waals surface area contributed by atoms with E-state index >= 15 is 0 Å². The lowest BCUT2D eigenvalue weighted by atomic mass is 10.1. The second-order valence-corrected chi connectivity index (χ2v) is 7.07. The molecule has 1 heterocycles. The van der Waals surface area contributed by atoms with Crippen molar-refractivity contribution in [3.05, 3.63) is 58.1 Å². The third-order valence-corrected chi connectivity index (χ3v) is 5.08. The minimum absolute atomic E-state index is 0.207. The van der Waals surface area contributed by atoms with Gasteiger partial charge in [-0.2, -0.15) is 17.0 Å². The van der Waals surface area contributed by atoms with E-state index in [0.717, 1.165) is 17.1 Å². The topological polar surface area (TPSA) is 71.4 Å². The van der Waals surface area contributed by atoms with Crippen LogP contribution in [-0.2, 0) is 5.75 Å². The van der Waals surface area contributed by atoms with Crippen LogP contribution in [0.2, 0.25) is 5.02 Å². The second-order valence-electron chi connectivity index (χ2n) is 5.56. The fourth-order valence-electron chi connectivity index (χ4n) is 2.52. The van der Waals surface area contributed by atoms with Gasteiger partial charge in [0.15, 0.2) is 11.5 Å². The first-order valence-corrected chi connectivity index (χ1v) is 9.65. The minimum atomic E-state index is -0.207. The van der Waals surface area contributed by atoms with E-state index in [-0.39, 0.29) is 5.91 Å². The van der Waals surface area contributed by atoms with Crippen LogP contribution in [0.15, 0.2) is 36.4 Å². The van der Waals surface area contributed by atoms with Gasteiger partial charge in [0.25, 0.3) is 5.91 Å². The maximum Gasteiger partial charge on any atom is 0.251 e. The van der Waals surface area contributed by atoms with E-state index in [4.69, 9.17) is 26.3 Å². The highest BCUT2D eigenvalue weighted by Gasteiger charge is 2.19. The molecule has 0 saturated heterocycles. The van der Waals surface area contributed by atoms with Gasteiger partial charge in [-0.15, -0.1) is 0 Å². The lowest BCUT2D eigenvalue weighted by molar-refractivity contribution is 0.0955. The van der Waals surface area contributed by atoms with Crippen LogP contribution in [0.5, 0.6) is 11.5 Å². The molecule has 0 bridgehead atoms. The Hall–Kier alpha value is -2.36. The quantitative estimate of drug-likeness (QED) is 0.765. The van der Waals surface area contributed by atoms with Crippen molar-refractivity contribution in [3.8, 4) is 17.6 Å². The minimum Gasteiger partial charge on any atom is -0.486 e. The molecule has 0 radical (unpaired) electrons. The van der Waals surface area contributed by atoms with E-state index in [1.807, 2.05) is 24.3 Å². The smallest absolute Gasteiger partial charge is 0.251 e. The van der Waals surface area contributed by atoms with Gasteiger partial charge in [-0.3, -0.25) is 4.79 Å². The number of carbonyl (C=O) groups excluding carboxylic acids is 1. The Bertz CT molecular complexity index is 851. The van der Waals surface area contributed by atoms with Crippen LogP contribution in [-0.4, -0.2) is 31.4 Å². The summed E-state index contributed by atoms with van der Waals surface area (Å²) in [6.45, 7) is 1.41. The average Bonchev–Trinajstić information content (AvgIpc) is 2.68. The zero-order valence-corrected chi connectivity index (χ0v) is 15.5. The largest absolute Gasteiger partial charge is 0.486 e. The summed E-state index contributed by atoms with van der Waals surface area (Å²) in [5.74, 6) is 2.25. The number of hydrogen-bond donors (Lipinski definition) is 1. The first-order chi connectivity index (χ1) is 12.7. The number of hydrogen-bond acceptors (Lipinski definition) is 5. The lowest BCUT2D eigenvalue weighted by Gasteiger charge is -2.20. The van der Waals surface area contributed by atoms with Gasteiger partial charge in [0, 0.05) is 23.6 Å². The van der Waals surface area contributed by atoms with Gasteiger partial charge in [-0.1, -0.05) is 29.8 Å². The lowest BCUT2D eigenvalue weighted by Crippen LogP contribution is -2.26. The van der Waals surface area contributed by atoms with Crippen LogP contribution >= 0.6 is 23.4 Å². The Kier molecular flexibility index (Phi) is 6.26. The molecule has 0 atom stereocenters. The highest BCUT2D eigenvalue weighted by molar-refractivity contribution is 7.98. The Morgan fingerprint density at radius 1 is 1.27 bits per heavy atom. The molecule has 1 N–H and O–H groups in total. The number of nitrogens with one attached hydrogen (secondary N) is 1. The Morgan fingerprint density at radius 2 is 2.08 bits per heavy atom. The maximum atomic E-state index is 12.3. The molecular weight excluding hydrogens is 372 g/mol. The number of amides is 1. The molecular formula is C19H17ClN2O3S. The summed E-state index contributed by atoms with van der Waals surface area (Å²) in [5, 5.41) is 12.3. The summed E-state index contributed by atoms with van der Waals surface area (Å²) >= 11 is 7.82. The number of thioether (sulfide) groups is 1. The average molecular weight is 389 g/mol. The van der Waals surface area contributed by atoms with Crippen LogP contribution in [0, 0.1) is 11.3 Å². The number of ether oxygens (including phenoxy) is 2. The summed E-state index contributed by atoms with van der Waals surface area (Å²) in [4.78, 5) is 12.3. The van der Waals surface area contributed by atoms with Crippen molar-refractivity contribution < 1.29 is 14.3 Å². The molecule has 2 aromatic rings. The molecule has 0 spiro atoms. The van der Waals surface area contributed by atoms with Gasteiger partial charge in [0.1, 0.15) is 13.2 Å². The van der Waals surface area contributed by atoms with Crippen LogP contribution in [0.25, 0.3) is 0 Å². The number of nitrogens with zero attached hydrogens (tertiary/aromatic N) is 1. The molecule has 2 aromatic carbocycles. The van der Waals surface area contributed by atoms with Gasteiger partial charge < -0.3 is 14.8 Å². The fourth-order valence-corrected chi connectivity index (χ4v) is 3.65. The molecule has 0 unspecified atom stereocenters. The molecule has 26 heavy (non-hydrogen) atoms. The molecule has 1 aliphatic heterocycles. The van der Waals surface area contributed by atoms with Crippen molar-refractivity contribution in [2.45, 2.75) is 5.75 Å². The highest BCUT2D eigenvalue weighted by Crippen LogP contribution is 2.38. The summed E-state index contributed by atoms with van der Waals surface area (Å²) in [7, 11) is 0. The predicted octanol–water partition coefficient (Wildman–Crippen LogP) is 3.65. The van der Waals surface area contributed by atoms with Crippen LogP contribution < -0.4 is 14.8 Å². The second kappa shape index (κ2) is 8.84. The standard InChI is InChI=1S/C19H17ClN2O3S/c20-16-9-15(10-17-18(16)25-7-6-24-17)19(23)22-5-8-26-12-14-4-2-1-3-13(14)11-21/h1-4,9-10H,5-8,12H2,(H,22,23). The van der Waals surface area contributed by atoms with E-state index in [9.17, 15) is 4.79 Å². The van der Waals surface area contributed by atoms with Crippen LogP contribution in [0.4, 0.5) is 0 Å². The SMILES string of the molecule is N#Cc1ccccc1CSCCNC(=O)c1cc(Cl)c2c(c1)OCCO2. The Balaban J connectivity index is 1.49. The summed E-state index contributed by atoms with van der Waals surface area (Å²) in [6.07, 6.45) is 0. The molecule has 0 aromatic heterocycles. The van der Waals surface area contributed by atoms with Gasteiger partial charge in [-0.25, -0.2) is 0 Å². The van der Waals surface area contributed by atoms with Gasteiger partial charge in [0.05, 0.1) is 16.7 Å². The number of fused-ring (bicyclic) bond motifs is 1.